The number of carbonyl (C=O) groups is 1. The molecule has 2 heterocycles. The lowest BCUT2D eigenvalue weighted by Gasteiger charge is -2.33. The lowest BCUT2D eigenvalue weighted by Crippen LogP contribution is -2.44. The van der Waals surface area contributed by atoms with Crippen molar-refractivity contribution >= 4 is 16.9 Å². The SMILES string of the molecule is CC(C)N(C)C(=O)CN1CCC(n2c(=O)[nH]c3ccccc32)CC1. The van der Waals surface area contributed by atoms with E-state index in [0.29, 0.717) is 6.54 Å². The van der Waals surface area contributed by atoms with Crippen molar-refractivity contribution < 1.29 is 4.79 Å². The number of carbonyl (C=O) groups excluding carboxylic acids is 1. The van der Waals surface area contributed by atoms with Gasteiger partial charge in [-0.2, -0.15) is 0 Å². The molecule has 1 N–H and O–H groups in total. The highest BCUT2D eigenvalue weighted by atomic mass is 16.2. The third-order valence-corrected chi connectivity index (χ3v) is 5.07. The summed E-state index contributed by atoms with van der Waals surface area (Å²) in [5.74, 6) is 0.160. The number of aromatic amines is 1. The molecule has 6 nitrogen and oxygen atoms in total. The fraction of sp³-hybridized carbons (Fsp3) is 0.556. The fourth-order valence-corrected chi connectivity index (χ4v) is 3.36. The summed E-state index contributed by atoms with van der Waals surface area (Å²) in [6.07, 6.45) is 1.78. The molecule has 0 aliphatic carbocycles. The van der Waals surface area contributed by atoms with Crippen LogP contribution in [-0.2, 0) is 4.79 Å². The van der Waals surface area contributed by atoms with Gasteiger partial charge in [-0.15, -0.1) is 0 Å². The average Bonchev–Trinajstić information content (AvgIpc) is 2.90. The van der Waals surface area contributed by atoms with Crippen molar-refractivity contribution in [3.63, 3.8) is 0 Å². The second-order valence-electron chi connectivity index (χ2n) is 6.92. The molecule has 1 fully saturated rings. The molecule has 0 spiro atoms. The van der Waals surface area contributed by atoms with Gasteiger partial charge in [0, 0.05) is 32.2 Å². The molecule has 1 aromatic carbocycles. The number of rotatable bonds is 4. The summed E-state index contributed by atoms with van der Waals surface area (Å²) in [6.45, 7) is 6.19. The smallest absolute Gasteiger partial charge is 0.326 e. The quantitative estimate of drug-likeness (QED) is 0.930. The van der Waals surface area contributed by atoms with E-state index in [-0.39, 0.29) is 23.7 Å². The second kappa shape index (κ2) is 6.81. The molecule has 2 aromatic rings. The molecule has 1 aliphatic rings. The van der Waals surface area contributed by atoms with Gasteiger partial charge in [-0.05, 0) is 38.8 Å². The largest absolute Gasteiger partial charge is 0.342 e. The molecular formula is C18H26N4O2. The Bertz CT molecular complexity index is 769. The van der Waals surface area contributed by atoms with E-state index in [1.165, 1.54) is 0 Å². The van der Waals surface area contributed by atoms with Gasteiger partial charge in [-0.25, -0.2) is 4.79 Å². The first kappa shape index (κ1) is 16.8. The molecule has 0 saturated carbocycles. The van der Waals surface area contributed by atoms with Crippen molar-refractivity contribution in [3.8, 4) is 0 Å². The first-order valence-corrected chi connectivity index (χ1v) is 8.64. The maximum atomic E-state index is 12.3. The van der Waals surface area contributed by atoms with Gasteiger partial charge in [0.25, 0.3) is 0 Å². The zero-order valence-corrected chi connectivity index (χ0v) is 14.7. The molecule has 0 unspecified atom stereocenters. The number of fused-ring (bicyclic) bond motifs is 1. The highest BCUT2D eigenvalue weighted by molar-refractivity contribution is 5.78. The van der Waals surface area contributed by atoms with Crippen LogP contribution < -0.4 is 5.69 Å². The Morgan fingerprint density at radius 1 is 1.29 bits per heavy atom. The number of amides is 1. The van der Waals surface area contributed by atoms with Crippen LogP contribution in [0.5, 0.6) is 0 Å². The summed E-state index contributed by atoms with van der Waals surface area (Å²) in [5.41, 5.74) is 1.82. The van der Waals surface area contributed by atoms with E-state index in [9.17, 15) is 9.59 Å². The summed E-state index contributed by atoms with van der Waals surface area (Å²) in [6, 6.07) is 8.23. The van der Waals surface area contributed by atoms with E-state index in [1.54, 1.807) is 4.90 Å². The summed E-state index contributed by atoms with van der Waals surface area (Å²) in [4.78, 5) is 31.4. The number of nitrogens with zero attached hydrogens (tertiary/aromatic N) is 3. The molecule has 1 amide bonds. The van der Waals surface area contributed by atoms with Crippen molar-refractivity contribution in [2.24, 2.45) is 0 Å². The number of hydrogen-bond acceptors (Lipinski definition) is 3. The summed E-state index contributed by atoms with van der Waals surface area (Å²) >= 11 is 0. The van der Waals surface area contributed by atoms with Crippen molar-refractivity contribution in [3.05, 3.63) is 34.7 Å². The number of aromatic nitrogens is 2. The van der Waals surface area contributed by atoms with Crippen molar-refractivity contribution in [2.45, 2.75) is 38.8 Å². The first-order chi connectivity index (χ1) is 11.5. The Hall–Kier alpha value is -2.08. The maximum Gasteiger partial charge on any atom is 0.326 e. The second-order valence-corrected chi connectivity index (χ2v) is 6.92. The van der Waals surface area contributed by atoms with Crippen molar-refractivity contribution in [1.29, 1.82) is 0 Å². The molecule has 24 heavy (non-hydrogen) atoms. The van der Waals surface area contributed by atoms with Gasteiger partial charge in [0.05, 0.1) is 17.6 Å². The Labute approximate surface area is 142 Å². The minimum Gasteiger partial charge on any atom is -0.342 e. The van der Waals surface area contributed by atoms with Gasteiger partial charge in [0.15, 0.2) is 0 Å². The van der Waals surface area contributed by atoms with Crippen LogP contribution in [0.1, 0.15) is 32.7 Å². The average molecular weight is 330 g/mol. The zero-order chi connectivity index (χ0) is 17.3. The maximum absolute atomic E-state index is 12.3. The van der Waals surface area contributed by atoms with Crippen LogP contribution in [-0.4, -0.2) is 58.0 Å². The number of imidazole rings is 1. The first-order valence-electron chi connectivity index (χ1n) is 8.64. The summed E-state index contributed by atoms with van der Waals surface area (Å²) < 4.78 is 1.88. The Morgan fingerprint density at radius 3 is 2.62 bits per heavy atom. The normalized spacial score (nSPS) is 16.8. The third-order valence-electron chi connectivity index (χ3n) is 5.07. The minimum atomic E-state index is -0.0368. The van der Waals surface area contributed by atoms with Gasteiger partial charge < -0.3 is 9.88 Å². The minimum absolute atomic E-state index is 0.0368. The van der Waals surface area contributed by atoms with Crippen molar-refractivity contribution in [2.75, 3.05) is 26.7 Å². The highest BCUT2D eigenvalue weighted by Crippen LogP contribution is 2.24. The molecule has 1 saturated heterocycles. The van der Waals surface area contributed by atoms with E-state index in [1.807, 2.05) is 49.7 Å². The summed E-state index contributed by atoms with van der Waals surface area (Å²) in [5, 5.41) is 0. The predicted octanol–water partition coefficient (Wildman–Crippen LogP) is 1.83. The lowest BCUT2D eigenvalue weighted by molar-refractivity contribution is -0.132. The standard InChI is InChI=1S/C18H26N4O2/c1-13(2)20(3)17(23)12-21-10-8-14(9-11-21)22-16-7-5-4-6-15(16)19-18(22)24/h4-7,13-14H,8-12H2,1-3H3,(H,19,24). The molecule has 0 radical (unpaired) electrons. The number of para-hydroxylation sites is 2. The highest BCUT2D eigenvalue weighted by Gasteiger charge is 2.25. The molecule has 1 aromatic heterocycles. The number of piperidine rings is 1. The number of nitrogens with one attached hydrogen (secondary N) is 1. The lowest BCUT2D eigenvalue weighted by atomic mass is 10.0. The molecule has 1 aliphatic heterocycles. The van der Waals surface area contributed by atoms with Crippen LogP contribution in [0.15, 0.2) is 29.1 Å². The Morgan fingerprint density at radius 2 is 1.96 bits per heavy atom. The van der Waals surface area contributed by atoms with Gasteiger partial charge >= 0.3 is 5.69 Å². The van der Waals surface area contributed by atoms with E-state index >= 15 is 0 Å². The van der Waals surface area contributed by atoms with Crippen LogP contribution in [0.4, 0.5) is 0 Å². The van der Waals surface area contributed by atoms with Gasteiger partial charge in [0.2, 0.25) is 5.91 Å². The van der Waals surface area contributed by atoms with E-state index in [2.05, 4.69) is 9.88 Å². The molecular weight excluding hydrogens is 304 g/mol. The van der Waals surface area contributed by atoms with E-state index in [4.69, 9.17) is 0 Å². The van der Waals surface area contributed by atoms with Gasteiger partial charge in [0.1, 0.15) is 0 Å². The van der Waals surface area contributed by atoms with Crippen LogP contribution >= 0.6 is 0 Å². The molecule has 0 bridgehead atoms. The Kier molecular flexibility index (Phi) is 4.76. The van der Waals surface area contributed by atoms with E-state index in [0.717, 1.165) is 37.0 Å². The molecule has 130 valence electrons. The molecule has 6 heteroatoms. The number of benzene rings is 1. The number of H-pyrrole nitrogens is 1. The Balaban J connectivity index is 1.66. The van der Waals surface area contributed by atoms with Gasteiger partial charge in [-0.1, -0.05) is 12.1 Å². The fourth-order valence-electron chi connectivity index (χ4n) is 3.36. The monoisotopic (exact) mass is 330 g/mol. The number of likely N-dealkylation sites (N-methyl/N-ethyl adjacent to an activating group) is 1. The topological polar surface area (TPSA) is 61.3 Å². The zero-order valence-electron chi connectivity index (χ0n) is 14.7. The van der Waals surface area contributed by atoms with Crippen LogP contribution in [0, 0.1) is 0 Å². The third kappa shape index (κ3) is 3.24. The van der Waals surface area contributed by atoms with Crippen molar-refractivity contribution in [1.82, 2.24) is 19.4 Å². The number of hydrogen-bond donors (Lipinski definition) is 1. The molecule has 0 atom stereocenters. The van der Waals surface area contributed by atoms with Crippen LogP contribution in [0.3, 0.4) is 0 Å². The predicted molar refractivity (Wildman–Crippen MR) is 95.2 cm³/mol. The van der Waals surface area contributed by atoms with Gasteiger partial charge in [-0.3, -0.25) is 14.3 Å². The summed E-state index contributed by atoms with van der Waals surface area (Å²) in [7, 11) is 1.85. The van der Waals surface area contributed by atoms with E-state index < -0.39 is 0 Å². The van der Waals surface area contributed by atoms with Crippen LogP contribution in [0.25, 0.3) is 11.0 Å². The number of likely N-dealkylation sites (tertiary alicyclic amines) is 1. The molecule has 3 rings (SSSR count). The van der Waals surface area contributed by atoms with Crippen LogP contribution in [0.2, 0.25) is 0 Å².